The lowest BCUT2D eigenvalue weighted by Gasteiger charge is -2.29. The van der Waals surface area contributed by atoms with Gasteiger partial charge in [0, 0.05) is 25.3 Å². The number of carbonyl (C=O) groups excluding carboxylic acids is 4. The van der Waals surface area contributed by atoms with Crippen molar-refractivity contribution in [2.24, 2.45) is 29.6 Å². The molecule has 0 radical (unpaired) electrons. The SMILES string of the molecule is CC(=O)OC(C#N)[C@H](CC1CCNC1=O)NC(=O)[C@H](CC(C)C)NC(=O)OC1C2CC[C@H]3OC[C@@H]1C3C2. The molecule has 204 valence electrons. The molecule has 5 unspecified atom stereocenters. The summed E-state index contributed by atoms with van der Waals surface area (Å²) in [6.45, 7) is 6.15. The number of carbonyl (C=O) groups is 4. The van der Waals surface area contributed by atoms with Crippen molar-refractivity contribution >= 4 is 23.9 Å². The average Bonchev–Trinajstić information content (AvgIpc) is 3.50. The first kappa shape index (κ1) is 27.2. The number of esters is 1. The largest absolute Gasteiger partial charge is 0.446 e. The number of nitrogens with zero attached hydrogens (tertiary/aromatic N) is 1. The Bertz CT molecular complexity index is 934. The van der Waals surface area contributed by atoms with E-state index in [1.54, 1.807) is 0 Å². The fourth-order valence-electron chi connectivity index (χ4n) is 6.50. The van der Waals surface area contributed by atoms with Gasteiger partial charge in [0.05, 0.1) is 18.8 Å². The van der Waals surface area contributed by atoms with Gasteiger partial charge < -0.3 is 30.2 Å². The molecular weight excluding hydrogens is 480 g/mol. The fourth-order valence-corrected chi connectivity index (χ4v) is 6.50. The van der Waals surface area contributed by atoms with Crippen molar-refractivity contribution < 1.29 is 33.4 Å². The Morgan fingerprint density at radius 1 is 1.19 bits per heavy atom. The molecule has 3 amide bonds. The van der Waals surface area contributed by atoms with Gasteiger partial charge in [-0.1, -0.05) is 13.8 Å². The molecule has 37 heavy (non-hydrogen) atoms. The molecule has 0 aromatic carbocycles. The summed E-state index contributed by atoms with van der Waals surface area (Å²) >= 11 is 0. The summed E-state index contributed by atoms with van der Waals surface area (Å²) in [7, 11) is 0. The summed E-state index contributed by atoms with van der Waals surface area (Å²) in [4.78, 5) is 50.1. The predicted octanol–water partition coefficient (Wildman–Crippen LogP) is 1.41. The molecule has 9 atom stereocenters. The molecule has 2 saturated heterocycles. The van der Waals surface area contributed by atoms with Crippen LogP contribution in [0.1, 0.15) is 59.3 Å². The molecule has 2 saturated carbocycles. The minimum Gasteiger partial charge on any atom is -0.446 e. The summed E-state index contributed by atoms with van der Waals surface area (Å²) < 4.78 is 16.9. The maximum Gasteiger partial charge on any atom is 0.408 e. The first-order valence-corrected chi connectivity index (χ1v) is 13.4. The van der Waals surface area contributed by atoms with E-state index in [9.17, 15) is 24.4 Å². The van der Waals surface area contributed by atoms with Crippen LogP contribution < -0.4 is 16.0 Å². The highest BCUT2D eigenvalue weighted by Gasteiger charge is 2.55. The normalized spacial score (nSPS) is 32.1. The number of ether oxygens (including phenoxy) is 3. The van der Waals surface area contributed by atoms with Gasteiger partial charge in [0.25, 0.3) is 0 Å². The number of nitriles is 1. The maximum atomic E-state index is 13.4. The van der Waals surface area contributed by atoms with E-state index in [0.717, 1.165) is 19.3 Å². The minimum atomic E-state index is -1.27. The van der Waals surface area contributed by atoms with Crippen LogP contribution in [0.2, 0.25) is 0 Å². The zero-order chi connectivity index (χ0) is 26.7. The van der Waals surface area contributed by atoms with Crippen molar-refractivity contribution in [2.75, 3.05) is 13.2 Å². The van der Waals surface area contributed by atoms with Crippen molar-refractivity contribution in [3.63, 3.8) is 0 Å². The molecule has 11 nitrogen and oxygen atoms in total. The molecule has 4 fully saturated rings. The van der Waals surface area contributed by atoms with Gasteiger partial charge in [-0.2, -0.15) is 5.26 Å². The molecule has 0 aromatic rings. The third kappa shape index (κ3) is 6.35. The van der Waals surface area contributed by atoms with Gasteiger partial charge in [-0.25, -0.2) is 4.79 Å². The van der Waals surface area contributed by atoms with Crippen LogP contribution in [-0.4, -0.2) is 67.4 Å². The number of nitrogens with one attached hydrogen (secondary N) is 3. The van der Waals surface area contributed by atoms with Crippen molar-refractivity contribution in [3.05, 3.63) is 0 Å². The Balaban J connectivity index is 1.42. The summed E-state index contributed by atoms with van der Waals surface area (Å²) in [5.74, 6) is -0.744. The predicted molar refractivity (Wildman–Crippen MR) is 130 cm³/mol. The van der Waals surface area contributed by atoms with Gasteiger partial charge in [0.15, 0.2) is 0 Å². The second kappa shape index (κ2) is 11.7. The molecule has 2 heterocycles. The highest BCUT2D eigenvalue weighted by molar-refractivity contribution is 5.86. The third-order valence-corrected chi connectivity index (χ3v) is 8.19. The highest BCUT2D eigenvalue weighted by Crippen LogP contribution is 2.52. The Kier molecular flexibility index (Phi) is 8.57. The Morgan fingerprint density at radius 3 is 2.62 bits per heavy atom. The number of fused-ring (bicyclic) bond motifs is 1. The van der Waals surface area contributed by atoms with Crippen molar-refractivity contribution in [1.29, 1.82) is 5.26 Å². The molecule has 2 aliphatic heterocycles. The molecule has 0 aromatic heterocycles. The number of amides is 3. The van der Waals surface area contributed by atoms with E-state index in [1.807, 2.05) is 19.9 Å². The summed E-state index contributed by atoms with van der Waals surface area (Å²) in [5, 5.41) is 17.9. The second-order valence-corrected chi connectivity index (χ2v) is 11.3. The minimum absolute atomic E-state index is 0.0741. The molecule has 3 N–H and O–H groups in total. The lowest BCUT2D eigenvalue weighted by Crippen LogP contribution is -2.54. The second-order valence-electron chi connectivity index (χ2n) is 11.3. The zero-order valence-corrected chi connectivity index (χ0v) is 21.7. The van der Waals surface area contributed by atoms with Crippen LogP contribution in [0.5, 0.6) is 0 Å². The van der Waals surface area contributed by atoms with Crippen molar-refractivity contribution in [1.82, 2.24) is 16.0 Å². The molecule has 4 rings (SSSR count). The van der Waals surface area contributed by atoms with E-state index >= 15 is 0 Å². The number of hydrogen-bond acceptors (Lipinski definition) is 8. The van der Waals surface area contributed by atoms with Crippen LogP contribution in [0, 0.1) is 40.9 Å². The van der Waals surface area contributed by atoms with E-state index < -0.39 is 42.1 Å². The fraction of sp³-hybridized carbons (Fsp3) is 0.808. The third-order valence-electron chi connectivity index (χ3n) is 8.19. The summed E-state index contributed by atoms with van der Waals surface area (Å²) in [6, 6.07) is 0.0879. The summed E-state index contributed by atoms with van der Waals surface area (Å²) in [6.07, 6.45) is 2.12. The highest BCUT2D eigenvalue weighted by atomic mass is 16.6. The molecule has 4 aliphatic rings. The van der Waals surface area contributed by atoms with Crippen molar-refractivity contribution in [2.45, 2.75) is 89.7 Å². The van der Waals surface area contributed by atoms with Crippen LogP contribution in [0.4, 0.5) is 4.79 Å². The van der Waals surface area contributed by atoms with E-state index in [2.05, 4.69) is 16.0 Å². The Morgan fingerprint density at radius 2 is 1.97 bits per heavy atom. The van der Waals surface area contributed by atoms with Gasteiger partial charge in [-0.3, -0.25) is 14.4 Å². The molecule has 11 heteroatoms. The monoisotopic (exact) mass is 518 g/mol. The lowest BCUT2D eigenvalue weighted by molar-refractivity contribution is -0.146. The summed E-state index contributed by atoms with van der Waals surface area (Å²) in [5.41, 5.74) is 0. The topological polar surface area (TPSA) is 156 Å². The maximum absolute atomic E-state index is 13.4. The zero-order valence-electron chi connectivity index (χ0n) is 21.7. The number of hydrogen-bond donors (Lipinski definition) is 3. The van der Waals surface area contributed by atoms with Gasteiger partial charge in [-0.05, 0) is 56.3 Å². The smallest absolute Gasteiger partial charge is 0.408 e. The van der Waals surface area contributed by atoms with E-state index in [-0.39, 0.29) is 36.4 Å². The van der Waals surface area contributed by atoms with Gasteiger partial charge in [-0.15, -0.1) is 0 Å². The Hall–Kier alpha value is -2.87. The van der Waals surface area contributed by atoms with Crippen LogP contribution in [0.15, 0.2) is 0 Å². The van der Waals surface area contributed by atoms with E-state index in [4.69, 9.17) is 14.2 Å². The quantitative estimate of drug-likeness (QED) is 0.367. The molecular formula is C26H38N4O7. The van der Waals surface area contributed by atoms with E-state index in [0.29, 0.717) is 37.8 Å². The standard InChI is InChI=1S/C26H38N4O7/c1-13(2)8-20(30-26(34)37-23-15-4-5-21-17(9-15)18(23)12-35-21)25(33)29-19(22(11-27)36-14(3)31)10-16-6-7-28-24(16)32/h13,15-23H,4-10,12H2,1-3H3,(H,28,32)(H,29,33)(H,30,34)/t15?,16?,17?,18-,19+,20+,21-,22?,23?/m1/s1. The van der Waals surface area contributed by atoms with Gasteiger partial charge in [0.2, 0.25) is 17.9 Å². The van der Waals surface area contributed by atoms with Gasteiger partial charge >= 0.3 is 12.1 Å². The van der Waals surface area contributed by atoms with E-state index in [1.165, 1.54) is 6.92 Å². The van der Waals surface area contributed by atoms with Crippen LogP contribution >= 0.6 is 0 Å². The van der Waals surface area contributed by atoms with Crippen molar-refractivity contribution in [3.8, 4) is 6.07 Å². The van der Waals surface area contributed by atoms with Crippen LogP contribution in [0.3, 0.4) is 0 Å². The number of rotatable bonds is 10. The van der Waals surface area contributed by atoms with Gasteiger partial charge in [0.1, 0.15) is 18.2 Å². The molecule has 2 bridgehead atoms. The first-order valence-electron chi connectivity index (χ1n) is 13.4. The average molecular weight is 519 g/mol. The van der Waals surface area contributed by atoms with Crippen LogP contribution in [0.25, 0.3) is 0 Å². The molecule has 2 aliphatic carbocycles. The van der Waals surface area contributed by atoms with Crippen LogP contribution in [-0.2, 0) is 28.6 Å². The lowest BCUT2D eigenvalue weighted by atomic mass is 9.86. The molecule has 0 spiro atoms. The first-order chi connectivity index (χ1) is 17.7. The Labute approximate surface area is 217 Å². The number of alkyl carbamates (subject to hydrolysis) is 1.